The predicted molar refractivity (Wildman–Crippen MR) is 87.3 cm³/mol. The maximum Gasteiger partial charge on any atom is 0.422 e. The summed E-state index contributed by atoms with van der Waals surface area (Å²) in [6, 6.07) is 12.3. The van der Waals surface area contributed by atoms with E-state index in [0.29, 0.717) is 11.3 Å². The molecule has 9 heteroatoms. The van der Waals surface area contributed by atoms with Crippen LogP contribution in [-0.4, -0.2) is 33.5 Å². The third-order valence-electron chi connectivity index (χ3n) is 3.33. The molecule has 26 heavy (non-hydrogen) atoms. The number of alkyl halides is 3. The number of carbonyl (C=O) groups excluding carboxylic acids is 1. The van der Waals surface area contributed by atoms with Crippen LogP contribution in [0.5, 0.6) is 5.75 Å². The molecule has 2 aromatic carbocycles. The molecule has 0 atom stereocenters. The van der Waals surface area contributed by atoms with Crippen LogP contribution in [0, 0.1) is 0 Å². The molecule has 0 radical (unpaired) electrons. The molecule has 6 nitrogen and oxygen atoms in total. The van der Waals surface area contributed by atoms with Gasteiger partial charge in [0.25, 0.3) is 5.91 Å². The maximum atomic E-state index is 12.2. The molecule has 134 valence electrons. The number of nitrogens with one attached hydrogen (secondary N) is 1. The monoisotopic (exact) mass is 362 g/mol. The molecule has 0 spiro atoms. The summed E-state index contributed by atoms with van der Waals surface area (Å²) in [6.45, 7) is -1.36. The molecular formula is C17H13F3N4O2. The summed E-state index contributed by atoms with van der Waals surface area (Å²) in [4.78, 5) is 16.1. The van der Waals surface area contributed by atoms with Gasteiger partial charge in [-0.15, -0.1) is 0 Å². The Kier molecular flexibility index (Phi) is 4.87. The molecule has 0 unspecified atom stereocenters. The third kappa shape index (κ3) is 4.59. The van der Waals surface area contributed by atoms with Gasteiger partial charge in [-0.1, -0.05) is 0 Å². The largest absolute Gasteiger partial charge is 0.484 e. The topological polar surface area (TPSA) is 69.0 Å². The summed E-state index contributed by atoms with van der Waals surface area (Å²) in [5, 5.41) is 6.65. The van der Waals surface area contributed by atoms with Crippen LogP contribution in [0.3, 0.4) is 0 Å². The molecule has 1 heterocycles. The first kappa shape index (κ1) is 17.5. The molecule has 1 amide bonds. The van der Waals surface area contributed by atoms with Gasteiger partial charge in [0.1, 0.15) is 18.4 Å². The Morgan fingerprint density at radius 3 is 2.35 bits per heavy atom. The van der Waals surface area contributed by atoms with Crippen LogP contribution < -0.4 is 10.1 Å². The van der Waals surface area contributed by atoms with Crippen LogP contribution in [0.2, 0.25) is 0 Å². The van der Waals surface area contributed by atoms with E-state index in [0.717, 1.165) is 5.69 Å². The van der Waals surface area contributed by atoms with Crippen molar-refractivity contribution < 1.29 is 22.7 Å². The summed E-state index contributed by atoms with van der Waals surface area (Å²) >= 11 is 0. The molecule has 0 bridgehead atoms. The fourth-order valence-corrected chi connectivity index (χ4v) is 2.11. The molecule has 1 aromatic heterocycles. The Morgan fingerprint density at radius 2 is 1.77 bits per heavy atom. The van der Waals surface area contributed by atoms with Crippen molar-refractivity contribution in [1.29, 1.82) is 0 Å². The van der Waals surface area contributed by atoms with E-state index in [9.17, 15) is 18.0 Å². The molecule has 0 aliphatic rings. The van der Waals surface area contributed by atoms with Crippen LogP contribution in [0.4, 0.5) is 18.9 Å². The maximum absolute atomic E-state index is 12.2. The number of hydrogen-bond donors (Lipinski definition) is 1. The Bertz CT molecular complexity index is 861. The fraction of sp³-hybridized carbons (Fsp3) is 0.118. The normalized spacial score (nSPS) is 11.2. The number of benzene rings is 2. The minimum atomic E-state index is -4.40. The van der Waals surface area contributed by atoms with Crippen LogP contribution in [0.25, 0.3) is 5.69 Å². The number of amides is 1. The van der Waals surface area contributed by atoms with E-state index in [2.05, 4.69) is 20.1 Å². The first-order chi connectivity index (χ1) is 12.4. The van der Waals surface area contributed by atoms with Crippen LogP contribution in [-0.2, 0) is 0 Å². The van der Waals surface area contributed by atoms with Crippen molar-refractivity contribution in [3.8, 4) is 11.4 Å². The Hall–Kier alpha value is -3.36. The first-order valence-electron chi connectivity index (χ1n) is 7.47. The summed E-state index contributed by atoms with van der Waals surface area (Å²) in [5.41, 5.74) is 1.62. The van der Waals surface area contributed by atoms with Gasteiger partial charge in [-0.25, -0.2) is 9.67 Å². The smallest absolute Gasteiger partial charge is 0.422 e. The number of anilines is 1. The number of nitrogens with zero attached hydrogens (tertiary/aromatic N) is 3. The van der Waals surface area contributed by atoms with Gasteiger partial charge in [0.2, 0.25) is 0 Å². The lowest BCUT2D eigenvalue weighted by atomic mass is 10.2. The van der Waals surface area contributed by atoms with E-state index in [1.54, 1.807) is 28.9 Å². The summed E-state index contributed by atoms with van der Waals surface area (Å²) in [6.07, 6.45) is -1.45. The highest BCUT2D eigenvalue weighted by molar-refractivity contribution is 6.04. The first-order valence-corrected chi connectivity index (χ1v) is 7.47. The van der Waals surface area contributed by atoms with E-state index in [4.69, 9.17) is 0 Å². The minimum Gasteiger partial charge on any atom is -0.484 e. The zero-order valence-corrected chi connectivity index (χ0v) is 13.3. The van der Waals surface area contributed by atoms with E-state index >= 15 is 0 Å². The Balaban J connectivity index is 1.61. The molecule has 1 N–H and O–H groups in total. The van der Waals surface area contributed by atoms with E-state index in [1.165, 1.54) is 36.9 Å². The van der Waals surface area contributed by atoms with Crippen molar-refractivity contribution in [2.75, 3.05) is 11.9 Å². The number of halogens is 3. The standard InChI is InChI=1S/C17H13F3N4O2/c18-17(19,20)9-26-15-7-3-13(4-8-15)23-16(25)12-1-5-14(6-2-12)24-11-21-10-22-24/h1-8,10-11H,9H2,(H,23,25). The van der Waals surface area contributed by atoms with Gasteiger partial charge in [0.05, 0.1) is 5.69 Å². The quantitative estimate of drug-likeness (QED) is 0.755. The third-order valence-corrected chi connectivity index (χ3v) is 3.33. The zero-order chi connectivity index (χ0) is 18.6. The number of rotatable bonds is 5. The second kappa shape index (κ2) is 7.26. The van der Waals surface area contributed by atoms with Crippen LogP contribution in [0.1, 0.15) is 10.4 Å². The highest BCUT2D eigenvalue weighted by Gasteiger charge is 2.28. The molecular weight excluding hydrogens is 349 g/mol. The van der Waals surface area contributed by atoms with Crippen molar-refractivity contribution in [1.82, 2.24) is 14.8 Å². The molecule has 3 rings (SSSR count). The zero-order valence-electron chi connectivity index (χ0n) is 13.3. The lowest BCUT2D eigenvalue weighted by molar-refractivity contribution is -0.153. The SMILES string of the molecule is O=C(Nc1ccc(OCC(F)(F)F)cc1)c1ccc(-n2cncn2)cc1. The number of hydrogen-bond acceptors (Lipinski definition) is 4. The summed E-state index contributed by atoms with van der Waals surface area (Å²) < 4.78 is 42.5. The van der Waals surface area contributed by atoms with Crippen molar-refractivity contribution in [3.05, 3.63) is 66.7 Å². The lowest BCUT2D eigenvalue weighted by Crippen LogP contribution is -2.19. The summed E-state index contributed by atoms with van der Waals surface area (Å²) in [7, 11) is 0. The van der Waals surface area contributed by atoms with Crippen molar-refractivity contribution >= 4 is 11.6 Å². The van der Waals surface area contributed by atoms with Crippen molar-refractivity contribution in [2.45, 2.75) is 6.18 Å². The molecule has 0 saturated carbocycles. The average molecular weight is 362 g/mol. The molecule has 0 aliphatic heterocycles. The molecule has 3 aromatic rings. The Morgan fingerprint density at radius 1 is 1.08 bits per heavy atom. The number of carbonyl (C=O) groups is 1. The minimum absolute atomic E-state index is 0.0671. The van der Waals surface area contributed by atoms with E-state index in [1.807, 2.05) is 0 Å². The van der Waals surface area contributed by atoms with Gasteiger partial charge in [-0.05, 0) is 48.5 Å². The number of aromatic nitrogens is 3. The molecule has 0 saturated heterocycles. The van der Waals surface area contributed by atoms with Gasteiger partial charge in [0.15, 0.2) is 6.61 Å². The van der Waals surface area contributed by atoms with Gasteiger partial charge < -0.3 is 10.1 Å². The van der Waals surface area contributed by atoms with Crippen LogP contribution >= 0.6 is 0 Å². The van der Waals surface area contributed by atoms with Crippen molar-refractivity contribution in [2.24, 2.45) is 0 Å². The van der Waals surface area contributed by atoms with Crippen molar-refractivity contribution in [3.63, 3.8) is 0 Å². The van der Waals surface area contributed by atoms with Gasteiger partial charge in [-0.3, -0.25) is 4.79 Å². The highest BCUT2D eigenvalue weighted by Crippen LogP contribution is 2.20. The van der Waals surface area contributed by atoms with Gasteiger partial charge in [-0.2, -0.15) is 18.3 Å². The van der Waals surface area contributed by atoms with Gasteiger partial charge in [0, 0.05) is 11.3 Å². The van der Waals surface area contributed by atoms with Crippen LogP contribution in [0.15, 0.2) is 61.2 Å². The number of ether oxygens (including phenoxy) is 1. The molecule has 0 fully saturated rings. The second-order valence-corrected chi connectivity index (χ2v) is 5.27. The average Bonchev–Trinajstić information content (AvgIpc) is 3.15. The fourth-order valence-electron chi connectivity index (χ4n) is 2.11. The van der Waals surface area contributed by atoms with Gasteiger partial charge >= 0.3 is 6.18 Å². The van der Waals surface area contributed by atoms with E-state index in [-0.39, 0.29) is 11.7 Å². The highest BCUT2D eigenvalue weighted by atomic mass is 19.4. The lowest BCUT2D eigenvalue weighted by Gasteiger charge is -2.10. The Labute approximate surface area is 146 Å². The van der Waals surface area contributed by atoms with E-state index < -0.39 is 12.8 Å². The molecule has 0 aliphatic carbocycles. The summed E-state index contributed by atoms with van der Waals surface area (Å²) in [5.74, 6) is -0.281. The second-order valence-electron chi connectivity index (χ2n) is 5.27. The predicted octanol–water partition coefficient (Wildman–Crippen LogP) is 3.46.